The Morgan fingerprint density at radius 3 is 2.77 bits per heavy atom. The van der Waals surface area contributed by atoms with Gasteiger partial charge in [0.1, 0.15) is 5.69 Å². The van der Waals surface area contributed by atoms with Gasteiger partial charge >= 0.3 is 0 Å². The maximum atomic E-state index is 12.6. The molecule has 22 heavy (non-hydrogen) atoms. The number of nitrogens with zero attached hydrogens (tertiary/aromatic N) is 1. The largest absolute Gasteiger partial charge is 0.348 e. The number of allylic oxidation sites excluding steroid dienone is 1. The van der Waals surface area contributed by atoms with Crippen LogP contribution in [-0.4, -0.2) is 16.5 Å². The van der Waals surface area contributed by atoms with Gasteiger partial charge in [-0.15, -0.1) is 6.58 Å². The van der Waals surface area contributed by atoms with Gasteiger partial charge in [-0.25, -0.2) is 0 Å². The van der Waals surface area contributed by atoms with Gasteiger partial charge in [-0.1, -0.05) is 26.0 Å². The van der Waals surface area contributed by atoms with Crippen molar-refractivity contribution in [3.63, 3.8) is 0 Å². The van der Waals surface area contributed by atoms with Crippen LogP contribution in [-0.2, 0) is 6.54 Å². The first kappa shape index (κ1) is 14.9. The summed E-state index contributed by atoms with van der Waals surface area (Å²) in [6, 6.07) is 6.89. The molecule has 1 aromatic carbocycles. The molecule has 1 amide bonds. The summed E-state index contributed by atoms with van der Waals surface area (Å²) in [5.74, 6) is 0.527. The van der Waals surface area contributed by atoms with E-state index in [0.29, 0.717) is 18.5 Å². The molecule has 3 heteroatoms. The number of aryl methyl sites for hydroxylation is 1. The molecule has 3 rings (SSSR count). The van der Waals surface area contributed by atoms with Gasteiger partial charge in [0.05, 0.1) is 0 Å². The molecule has 3 nitrogen and oxygen atoms in total. The zero-order chi connectivity index (χ0) is 15.9. The third-order valence-corrected chi connectivity index (χ3v) is 4.45. The number of rotatable bonds is 5. The van der Waals surface area contributed by atoms with Gasteiger partial charge in [-0.3, -0.25) is 4.79 Å². The normalized spacial score (nSPS) is 14.5. The van der Waals surface area contributed by atoms with Crippen LogP contribution < -0.4 is 5.32 Å². The first-order chi connectivity index (χ1) is 10.5. The van der Waals surface area contributed by atoms with Gasteiger partial charge in [0.2, 0.25) is 0 Å². The summed E-state index contributed by atoms with van der Waals surface area (Å²) in [5, 5.41) is 4.29. The molecule has 0 atom stereocenters. The third-order valence-electron chi connectivity index (χ3n) is 4.45. The van der Waals surface area contributed by atoms with Crippen molar-refractivity contribution in [1.82, 2.24) is 9.88 Å². The Hall–Kier alpha value is -2.03. The van der Waals surface area contributed by atoms with E-state index < -0.39 is 0 Å². The number of hydrogen-bond donors (Lipinski definition) is 1. The summed E-state index contributed by atoms with van der Waals surface area (Å²) in [4.78, 5) is 12.6. The second kappa shape index (κ2) is 5.64. The van der Waals surface area contributed by atoms with E-state index in [4.69, 9.17) is 0 Å². The van der Waals surface area contributed by atoms with Crippen molar-refractivity contribution in [2.45, 2.75) is 52.1 Å². The molecular weight excluding hydrogens is 272 g/mol. The summed E-state index contributed by atoms with van der Waals surface area (Å²) in [6.45, 7) is 10.9. The van der Waals surface area contributed by atoms with Crippen molar-refractivity contribution in [2.24, 2.45) is 0 Å². The summed E-state index contributed by atoms with van der Waals surface area (Å²) in [6.07, 6.45) is 4.05. The fourth-order valence-electron chi connectivity index (χ4n) is 2.99. The molecule has 116 valence electrons. The lowest BCUT2D eigenvalue weighted by atomic mass is 10.0. The Morgan fingerprint density at radius 2 is 2.18 bits per heavy atom. The number of nitrogens with one attached hydrogen (secondary N) is 1. The van der Waals surface area contributed by atoms with E-state index in [0.717, 1.165) is 29.6 Å². The van der Waals surface area contributed by atoms with E-state index in [1.807, 2.05) is 13.0 Å². The average Bonchev–Trinajstić information content (AvgIpc) is 3.25. The standard InChI is InChI=1S/C19H24N2O/c1-5-10-21-17-9-6-14(12(2)3)11-16(17)13(4)18(21)19(22)20-15-7-8-15/h5-6,9,11-12,15H,1,7-8,10H2,2-4H3,(H,20,22). The molecule has 2 aromatic rings. The highest BCUT2D eigenvalue weighted by Gasteiger charge is 2.27. The zero-order valence-electron chi connectivity index (χ0n) is 13.6. The number of benzene rings is 1. The number of aromatic nitrogens is 1. The molecule has 0 aliphatic heterocycles. The second-order valence-electron chi connectivity index (χ2n) is 6.55. The number of carbonyl (C=O) groups is 1. The van der Waals surface area contributed by atoms with Crippen LogP contribution in [0, 0.1) is 6.92 Å². The van der Waals surface area contributed by atoms with E-state index in [-0.39, 0.29) is 5.91 Å². The monoisotopic (exact) mass is 296 g/mol. The highest BCUT2D eigenvalue weighted by atomic mass is 16.2. The van der Waals surface area contributed by atoms with Gasteiger partial charge in [0.15, 0.2) is 0 Å². The van der Waals surface area contributed by atoms with Gasteiger partial charge < -0.3 is 9.88 Å². The Labute approximate surface area is 132 Å². The Bertz CT molecular complexity index is 735. The zero-order valence-corrected chi connectivity index (χ0v) is 13.6. The van der Waals surface area contributed by atoms with Crippen LogP contribution in [0.2, 0.25) is 0 Å². The van der Waals surface area contributed by atoms with E-state index >= 15 is 0 Å². The molecule has 0 unspecified atom stereocenters. The number of carbonyl (C=O) groups excluding carboxylic acids is 1. The highest BCUT2D eigenvalue weighted by molar-refractivity contribution is 6.02. The Balaban J connectivity index is 2.15. The summed E-state index contributed by atoms with van der Waals surface area (Å²) >= 11 is 0. The molecule has 0 spiro atoms. The van der Waals surface area contributed by atoms with Crippen molar-refractivity contribution in [2.75, 3.05) is 0 Å². The Morgan fingerprint density at radius 1 is 1.45 bits per heavy atom. The summed E-state index contributed by atoms with van der Waals surface area (Å²) < 4.78 is 2.08. The fourth-order valence-corrected chi connectivity index (χ4v) is 2.99. The summed E-state index contributed by atoms with van der Waals surface area (Å²) in [7, 11) is 0. The maximum absolute atomic E-state index is 12.6. The van der Waals surface area contributed by atoms with Crippen LogP contribution in [0.5, 0.6) is 0 Å². The van der Waals surface area contributed by atoms with E-state index in [1.165, 1.54) is 10.9 Å². The molecule has 0 bridgehead atoms. The number of hydrogen-bond acceptors (Lipinski definition) is 1. The predicted molar refractivity (Wildman–Crippen MR) is 91.4 cm³/mol. The van der Waals surface area contributed by atoms with Crippen LogP contribution in [0.4, 0.5) is 0 Å². The fraction of sp³-hybridized carbons (Fsp3) is 0.421. The van der Waals surface area contributed by atoms with E-state index in [2.05, 4.69) is 48.5 Å². The molecule has 1 saturated carbocycles. The topological polar surface area (TPSA) is 34.0 Å². The van der Waals surface area contributed by atoms with Crippen molar-refractivity contribution < 1.29 is 4.79 Å². The minimum absolute atomic E-state index is 0.0455. The van der Waals surface area contributed by atoms with Crippen molar-refractivity contribution in [3.05, 3.63) is 47.7 Å². The van der Waals surface area contributed by atoms with Gasteiger partial charge in [0, 0.05) is 23.5 Å². The molecule has 1 aliphatic rings. The van der Waals surface area contributed by atoms with Crippen LogP contribution in [0.3, 0.4) is 0 Å². The molecule has 0 saturated heterocycles. The van der Waals surface area contributed by atoms with Gasteiger partial charge in [-0.05, 0) is 48.9 Å². The minimum Gasteiger partial charge on any atom is -0.348 e. The number of amides is 1. The van der Waals surface area contributed by atoms with Crippen molar-refractivity contribution in [1.29, 1.82) is 0 Å². The summed E-state index contributed by atoms with van der Waals surface area (Å²) in [5.41, 5.74) is 4.27. The lowest BCUT2D eigenvalue weighted by molar-refractivity contribution is 0.0942. The van der Waals surface area contributed by atoms with Crippen LogP contribution in [0.25, 0.3) is 10.9 Å². The van der Waals surface area contributed by atoms with Crippen LogP contribution in [0.1, 0.15) is 54.2 Å². The second-order valence-corrected chi connectivity index (χ2v) is 6.55. The average molecular weight is 296 g/mol. The highest BCUT2D eigenvalue weighted by Crippen LogP contribution is 2.30. The molecule has 1 aromatic heterocycles. The molecular formula is C19H24N2O. The molecule has 0 radical (unpaired) electrons. The quantitative estimate of drug-likeness (QED) is 0.826. The van der Waals surface area contributed by atoms with Gasteiger partial charge in [-0.2, -0.15) is 0 Å². The molecule has 1 heterocycles. The number of fused-ring (bicyclic) bond motifs is 1. The SMILES string of the molecule is C=CCn1c(C(=O)NC2CC2)c(C)c2cc(C(C)C)ccc21. The Kier molecular flexibility index (Phi) is 3.81. The van der Waals surface area contributed by atoms with Crippen molar-refractivity contribution in [3.8, 4) is 0 Å². The van der Waals surface area contributed by atoms with Gasteiger partial charge in [0.25, 0.3) is 5.91 Å². The molecule has 1 aliphatic carbocycles. The first-order valence-corrected chi connectivity index (χ1v) is 8.07. The lowest BCUT2D eigenvalue weighted by Gasteiger charge is -2.09. The van der Waals surface area contributed by atoms with Crippen molar-refractivity contribution >= 4 is 16.8 Å². The predicted octanol–water partition coefficient (Wildman–Crippen LogP) is 4.15. The minimum atomic E-state index is 0.0455. The maximum Gasteiger partial charge on any atom is 0.268 e. The smallest absolute Gasteiger partial charge is 0.268 e. The lowest BCUT2D eigenvalue weighted by Crippen LogP contribution is -2.28. The van der Waals surface area contributed by atoms with Crippen LogP contribution in [0.15, 0.2) is 30.9 Å². The first-order valence-electron chi connectivity index (χ1n) is 8.07. The van der Waals surface area contributed by atoms with Crippen LogP contribution >= 0.6 is 0 Å². The molecule has 1 fully saturated rings. The third kappa shape index (κ3) is 2.56. The van der Waals surface area contributed by atoms with E-state index in [9.17, 15) is 4.79 Å². The van der Waals surface area contributed by atoms with E-state index in [1.54, 1.807) is 0 Å². The molecule has 1 N–H and O–H groups in total.